The molecule has 17 heavy (non-hydrogen) atoms. The Morgan fingerprint density at radius 3 is 3.06 bits per heavy atom. The second-order valence-corrected chi connectivity index (χ2v) is 5.78. The molecule has 0 saturated carbocycles. The molecule has 1 aromatic heterocycles. The number of rotatable bonds is 4. The van der Waals surface area contributed by atoms with Gasteiger partial charge in [0, 0.05) is 18.3 Å². The summed E-state index contributed by atoms with van der Waals surface area (Å²) in [5.74, 6) is 3.49. The van der Waals surface area contributed by atoms with Crippen molar-refractivity contribution in [2.24, 2.45) is 0 Å². The highest BCUT2D eigenvalue weighted by atomic mass is 32.2. The molecule has 1 aliphatic heterocycles. The number of nitrogen functional groups attached to an aromatic ring is 1. The molecule has 1 atom stereocenters. The van der Waals surface area contributed by atoms with Crippen LogP contribution >= 0.6 is 11.8 Å². The molecule has 2 heterocycles. The Bertz CT molecular complexity index is 369. The molecule has 1 aliphatic rings. The first-order chi connectivity index (χ1) is 8.22. The van der Waals surface area contributed by atoms with Crippen LogP contribution in [-0.2, 0) is 6.54 Å². The molecule has 0 aromatic carbocycles. The van der Waals surface area contributed by atoms with Crippen molar-refractivity contribution in [2.45, 2.75) is 45.7 Å². The van der Waals surface area contributed by atoms with E-state index in [-0.39, 0.29) is 0 Å². The van der Waals surface area contributed by atoms with Gasteiger partial charge in [-0.3, -0.25) is 0 Å². The molecule has 0 radical (unpaired) electrons. The average Bonchev–Trinajstić information content (AvgIpc) is 2.59. The second kappa shape index (κ2) is 5.67. The first-order valence-corrected chi connectivity index (χ1v) is 7.55. The van der Waals surface area contributed by atoms with E-state index in [1.165, 1.54) is 24.3 Å². The molecule has 1 unspecified atom stereocenters. The minimum absolute atomic E-state index is 0.544. The Morgan fingerprint density at radius 1 is 1.59 bits per heavy atom. The molecular formula is C12H22N4S. The van der Waals surface area contributed by atoms with E-state index in [0.29, 0.717) is 6.04 Å². The van der Waals surface area contributed by atoms with Gasteiger partial charge in [-0.05, 0) is 31.9 Å². The van der Waals surface area contributed by atoms with E-state index < -0.39 is 0 Å². The monoisotopic (exact) mass is 254 g/mol. The van der Waals surface area contributed by atoms with Crippen LogP contribution in [0.2, 0.25) is 0 Å². The van der Waals surface area contributed by atoms with Gasteiger partial charge in [0.25, 0.3) is 0 Å². The zero-order chi connectivity index (χ0) is 12.3. The predicted octanol–water partition coefficient (Wildman–Crippen LogP) is 2.49. The third-order valence-electron chi connectivity index (χ3n) is 3.11. The summed E-state index contributed by atoms with van der Waals surface area (Å²) in [7, 11) is 0. The third kappa shape index (κ3) is 2.89. The predicted molar refractivity (Wildman–Crippen MR) is 75.6 cm³/mol. The zero-order valence-corrected chi connectivity index (χ0v) is 11.5. The summed E-state index contributed by atoms with van der Waals surface area (Å²) >= 11 is 2.02. The number of nitrogens with one attached hydrogen (secondary N) is 1. The van der Waals surface area contributed by atoms with Crippen LogP contribution in [0.5, 0.6) is 0 Å². The summed E-state index contributed by atoms with van der Waals surface area (Å²) in [6, 6.07) is 0.544. The van der Waals surface area contributed by atoms with Crippen molar-refractivity contribution in [3.8, 4) is 0 Å². The molecule has 1 aromatic rings. The number of nitrogens with two attached hydrogens (primary N) is 1. The summed E-state index contributed by atoms with van der Waals surface area (Å²) < 4.78 is 2.02. The van der Waals surface area contributed by atoms with E-state index >= 15 is 0 Å². The maximum atomic E-state index is 6.10. The van der Waals surface area contributed by atoms with Crippen LogP contribution in [-0.4, -0.2) is 27.3 Å². The van der Waals surface area contributed by atoms with Crippen molar-refractivity contribution in [3.63, 3.8) is 0 Å². The van der Waals surface area contributed by atoms with E-state index in [2.05, 4.69) is 17.3 Å². The van der Waals surface area contributed by atoms with Crippen LogP contribution in [0.15, 0.2) is 0 Å². The van der Waals surface area contributed by atoms with Gasteiger partial charge in [-0.1, -0.05) is 6.92 Å². The van der Waals surface area contributed by atoms with Crippen LogP contribution in [0.25, 0.3) is 0 Å². The van der Waals surface area contributed by atoms with Gasteiger partial charge in [0.05, 0.1) is 11.4 Å². The minimum Gasteiger partial charge on any atom is -0.394 e. The summed E-state index contributed by atoms with van der Waals surface area (Å²) in [6.07, 6.45) is 3.61. The lowest BCUT2D eigenvalue weighted by Crippen LogP contribution is -2.27. The summed E-state index contributed by atoms with van der Waals surface area (Å²) in [6.45, 7) is 5.07. The number of anilines is 2. The minimum atomic E-state index is 0.544. The van der Waals surface area contributed by atoms with E-state index in [9.17, 15) is 0 Å². The summed E-state index contributed by atoms with van der Waals surface area (Å²) in [4.78, 5) is 0. The molecule has 0 amide bonds. The SMILES string of the molecule is CCCn1nc(C)c(N)c1NC1CCCSC1. The topological polar surface area (TPSA) is 55.9 Å². The molecule has 5 heteroatoms. The molecule has 96 valence electrons. The Kier molecular flexibility index (Phi) is 4.20. The summed E-state index contributed by atoms with van der Waals surface area (Å²) in [5, 5.41) is 8.07. The molecule has 1 fully saturated rings. The first kappa shape index (κ1) is 12.6. The molecule has 0 aliphatic carbocycles. The fraction of sp³-hybridized carbons (Fsp3) is 0.750. The average molecular weight is 254 g/mol. The van der Waals surface area contributed by atoms with Crippen LogP contribution in [0.1, 0.15) is 31.9 Å². The van der Waals surface area contributed by atoms with Crippen molar-refractivity contribution in [2.75, 3.05) is 22.6 Å². The number of aryl methyl sites for hydroxylation is 2. The van der Waals surface area contributed by atoms with Crippen LogP contribution in [0.4, 0.5) is 11.5 Å². The van der Waals surface area contributed by atoms with Gasteiger partial charge in [0.1, 0.15) is 5.82 Å². The number of thioether (sulfide) groups is 1. The van der Waals surface area contributed by atoms with Gasteiger partial charge in [-0.25, -0.2) is 4.68 Å². The van der Waals surface area contributed by atoms with Gasteiger partial charge < -0.3 is 11.1 Å². The highest BCUT2D eigenvalue weighted by molar-refractivity contribution is 7.99. The Balaban J connectivity index is 2.12. The van der Waals surface area contributed by atoms with Gasteiger partial charge in [-0.15, -0.1) is 0 Å². The van der Waals surface area contributed by atoms with Gasteiger partial charge in [0.2, 0.25) is 0 Å². The smallest absolute Gasteiger partial charge is 0.148 e. The lowest BCUT2D eigenvalue weighted by Gasteiger charge is -2.24. The van der Waals surface area contributed by atoms with E-state index in [4.69, 9.17) is 5.73 Å². The van der Waals surface area contributed by atoms with E-state index in [1.54, 1.807) is 0 Å². The molecule has 0 spiro atoms. The van der Waals surface area contributed by atoms with Crippen LogP contribution in [0, 0.1) is 6.92 Å². The highest BCUT2D eigenvalue weighted by Crippen LogP contribution is 2.26. The van der Waals surface area contributed by atoms with Crippen molar-refractivity contribution < 1.29 is 0 Å². The largest absolute Gasteiger partial charge is 0.394 e. The molecule has 2 rings (SSSR count). The number of aromatic nitrogens is 2. The van der Waals surface area contributed by atoms with E-state index in [1.807, 2.05) is 23.4 Å². The van der Waals surface area contributed by atoms with Crippen LogP contribution in [0.3, 0.4) is 0 Å². The zero-order valence-electron chi connectivity index (χ0n) is 10.7. The third-order valence-corrected chi connectivity index (χ3v) is 4.33. The quantitative estimate of drug-likeness (QED) is 0.867. The molecule has 3 N–H and O–H groups in total. The maximum absolute atomic E-state index is 6.10. The number of nitrogens with zero attached hydrogens (tertiary/aromatic N) is 2. The van der Waals surface area contributed by atoms with Crippen molar-refractivity contribution >= 4 is 23.3 Å². The van der Waals surface area contributed by atoms with Crippen molar-refractivity contribution in [3.05, 3.63) is 5.69 Å². The fourth-order valence-corrected chi connectivity index (χ4v) is 3.24. The van der Waals surface area contributed by atoms with Gasteiger partial charge in [0.15, 0.2) is 0 Å². The highest BCUT2D eigenvalue weighted by Gasteiger charge is 2.18. The first-order valence-electron chi connectivity index (χ1n) is 6.39. The molecular weight excluding hydrogens is 232 g/mol. The molecule has 4 nitrogen and oxygen atoms in total. The Hall–Kier alpha value is -0.840. The Labute approximate surface area is 107 Å². The van der Waals surface area contributed by atoms with Crippen molar-refractivity contribution in [1.82, 2.24) is 9.78 Å². The lowest BCUT2D eigenvalue weighted by atomic mass is 10.2. The second-order valence-electron chi connectivity index (χ2n) is 4.63. The fourth-order valence-electron chi connectivity index (χ4n) is 2.17. The summed E-state index contributed by atoms with van der Waals surface area (Å²) in [5.41, 5.74) is 7.85. The molecule has 0 bridgehead atoms. The van der Waals surface area contributed by atoms with Gasteiger partial charge in [-0.2, -0.15) is 16.9 Å². The number of hydrogen-bond donors (Lipinski definition) is 2. The van der Waals surface area contributed by atoms with Crippen molar-refractivity contribution in [1.29, 1.82) is 0 Å². The normalized spacial score (nSPS) is 20.5. The van der Waals surface area contributed by atoms with Crippen LogP contribution < -0.4 is 11.1 Å². The standard InChI is InChI=1S/C12H22N4S/c1-3-6-16-12(11(13)9(2)15-16)14-10-5-4-7-17-8-10/h10,14H,3-8,13H2,1-2H3. The molecule has 1 saturated heterocycles. The lowest BCUT2D eigenvalue weighted by molar-refractivity contribution is 0.592. The number of hydrogen-bond acceptors (Lipinski definition) is 4. The van der Waals surface area contributed by atoms with E-state index in [0.717, 1.165) is 30.2 Å². The Morgan fingerprint density at radius 2 is 2.41 bits per heavy atom. The maximum Gasteiger partial charge on any atom is 0.148 e. The van der Waals surface area contributed by atoms with Gasteiger partial charge >= 0.3 is 0 Å².